The Balaban J connectivity index is 2.50. The topological polar surface area (TPSA) is 125 Å². The molecule has 1 aromatic heterocycles. The predicted octanol–water partition coefficient (Wildman–Crippen LogP) is -0.660. The molecule has 0 aliphatic heterocycles. The summed E-state index contributed by atoms with van der Waals surface area (Å²) in [4.78, 5) is 8.14. The van der Waals surface area contributed by atoms with Crippen LogP contribution in [0.25, 0.3) is 10.9 Å². The van der Waals surface area contributed by atoms with E-state index in [0.717, 1.165) is 0 Å². The van der Waals surface area contributed by atoms with Crippen LogP contribution in [0.3, 0.4) is 0 Å². The van der Waals surface area contributed by atoms with E-state index in [2.05, 4.69) is 15.3 Å². The average Bonchev–Trinajstić information content (AvgIpc) is 2.44. The molecule has 0 saturated heterocycles. The van der Waals surface area contributed by atoms with Gasteiger partial charge in [-0.2, -0.15) is 4.98 Å². The van der Waals surface area contributed by atoms with Crippen molar-refractivity contribution in [3.8, 4) is 0 Å². The maximum atomic E-state index is 9.32. The summed E-state index contributed by atoms with van der Waals surface area (Å²) in [7, 11) is 0. The average molecular weight is 264 g/mol. The number of nitrogens with zero attached hydrogens (tertiary/aromatic N) is 2. The molecule has 0 atom stereocenters. The van der Waals surface area contributed by atoms with Gasteiger partial charge in [0, 0.05) is 5.39 Å². The molecule has 0 amide bonds. The molecule has 6 N–H and O–H groups in total. The van der Waals surface area contributed by atoms with Gasteiger partial charge < -0.3 is 26.4 Å². The fourth-order valence-corrected chi connectivity index (χ4v) is 1.71. The molecule has 2 rings (SSSR count). The highest BCUT2D eigenvalue weighted by molar-refractivity contribution is 5.90. The van der Waals surface area contributed by atoms with Gasteiger partial charge in [0.2, 0.25) is 5.95 Å². The number of rotatable bonds is 5. The first-order valence-electron chi connectivity index (χ1n) is 5.77. The fraction of sp³-hybridized carbons (Fsp3) is 0.333. The van der Waals surface area contributed by atoms with Crippen LogP contribution in [0.15, 0.2) is 24.3 Å². The van der Waals surface area contributed by atoms with Crippen molar-refractivity contribution in [1.82, 2.24) is 9.97 Å². The highest BCUT2D eigenvalue weighted by Crippen LogP contribution is 2.23. The van der Waals surface area contributed by atoms with Gasteiger partial charge in [0.15, 0.2) is 0 Å². The highest BCUT2D eigenvalue weighted by Gasteiger charge is 2.29. The number of nitrogens with two attached hydrogens (primary N) is 1. The van der Waals surface area contributed by atoms with E-state index >= 15 is 0 Å². The van der Waals surface area contributed by atoms with Crippen molar-refractivity contribution in [2.75, 3.05) is 30.9 Å². The van der Waals surface area contributed by atoms with Gasteiger partial charge in [0.25, 0.3) is 0 Å². The number of hydrogen-bond acceptors (Lipinski definition) is 7. The van der Waals surface area contributed by atoms with E-state index in [-0.39, 0.29) is 5.95 Å². The summed E-state index contributed by atoms with van der Waals surface area (Å²) >= 11 is 0. The Morgan fingerprint density at radius 3 is 2.32 bits per heavy atom. The van der Waals surface area contributed by atoms with Crippen LogP contribution < -0.4 is 11.1 Å². The summed E-state index contributed by atoms with van der Waals surface area (Å²) in [6.07, 6.45) is 0. The van der Waals surface area contributed by atoms with E-state index in [0.29, 0.717) is 16.7 Å². The Morgan fingerprint density at radius 1 is 1.05 bits per heavy atom. The predicted molar refractivity (Wildman–Crippen MR) is 71.6 cm³/mol. The Kier molecular flexibility index (Phi) is 3.79. The van der Waals surface area contributed by atoms with Crippen LogP contribution in [0.1, 0.15) is 0 Å². The quantitative estimate of drug-likeness (QED) is 0.485. The maximum absolute atomic E-state index is 9.32. The Labute approximate surface area is 109 Å². The van der Waals surface area contributed by atoms with Gasteiger partial charge in [-0.3, -0.25) is 0 Å². The van der Waals surface area contributed by atoms with Gasteiger partial charge in [-0.15, -0.1) is 0 Å². The van der Waals surface area contributed by atoms with Gasteiger partial charge in [0.1, 0.15) is 11.4 Å². The summed E-state index contributed by atoms with van der Waals surface area (Å²) < 4.78 is 0. The van der Waals surface area contributed by atoms with Gasteiger partial charge in [-0.1, -0.05) is 12.1 Å². The molecule has 1 aromatic carbocycles. The molecule has 19 heavy (non-hydrogen) atoms. The number of benzene rings is 1. The number of nitrogens with one attached hydrogen (secondary N) is 1. The first kappa shape index (κ1) is 13.5. The zero-order valence-corrected chi connectivity index (χ0v) is 10.2. The molecule has 0 aliphatic rings. The lowest BCUT2D eigenvalue weighted by molar-refractivity contribution is 0.0832. The van der Waals surface area contributed by atoms with Crippen LogP contribution in [0.5, 0.6) is 0 Å². The molecule has 102 valence electrons. The van der Waals surface area contributed by atoms with Crippen molar-refractivity contribution in [1.29, 1.82) is 0 Å². The summed E-state index contributed by atoms with van der Waals surface area (Å²) in [5.41, 5.74) is 5.00. The van der Waals surface area contributed by atoms with Crippen LogP contribution in [0.4, 0.5) is 11.8 Å². The smallest absolute Gasteiger partial charge is 0.222 e. The number of hydrogen-bond donors (Lipinski definition) is 5. The molecular formula is C12H16N4O3. The zero-order valence-electron chi connectivity index (χ0n) is 10.2. The highest BCUT2D eigenvalue weighted by atomic mass is 16.3. The standard InChI is InChI=1S/C12H16N4O3/c13-11-14-9-4-2-1-3-8(9)10(15-11)16-12(5-17,6-18)7-19/h1-4,17-19H,5-7H2,(H3,13,14,15,16). The molecule has 0 fully saturated rings. The lowest BCUT2D eigenvalue weighted by Crippen LogP contribution is -2.49. The van der Waals surface area contributed by atoms with Crippen LogP contribution >= 0.6 is 0 Å². The number of aliphatic hydroxyl groups excluding tert-OH is 3. The molecule has 0 radical (unpaired) electrons. The maximum Gasteiger partial charge on any atom is 0.222 e. The summed E-state index contributed by atoms with van der Waals surface area (Å²) in [5.74, 6) is 0.434. The first-order valence-corrected chi connectivity index (χ1v) is 5.77. The SMILES string of the molecule is Nc1nc(NC(CO)(CO)CO)c2ccccc2n1. The van der Waals surface area contributed by atoms with Crippen LogP contribution in [0, 0.1) is 0 Å². The first-order chi connectivity index (χ1) is 9.14. The molecule has 0 unspecified atom stereocenters. The molecular weight excluding hydrogens is 248 g/mol. The molecule has 0 spiro atoms. The molecule has 0 bridgehead atoms. The minimum Gasteiger partial charge on any atom is -0.394 e. The van der Waals surface area contributed by atoms with Crippen molar-refractivity contribution in [3.05, 3.63) is 24.3 Å². The Bertz CT molecular complexity index is 564. The van der Waals surface area contributed by atoms with Crippen LogP contribution in [0.2, 0.25) is 0 Å². The number of aromatic nitrogens is 2. The van der Waals surface area contributed by atoms with Crippen LogP contribution in [-0.4, -0.2) is 50.6 Å². The van der Waals surface area contributed by atoms with Crippen molar-refractivity contribution in [2.24, 2.45) is 0 Å². The normalized spacial score (nSPS) is 11.7. The number of para-hydroxylation sites is 1. The second-order valence-electron chi connectivity index (χ2n) is 4.33. The van der Waals surface area contributed by atoms with E-state index < -0.39 is 25.4 Å². The number of anilines is 2. The third kappa shape index (κ3) is 2.58. The molecule has 7 nitrogen and oxygen atoms in total. The van der Waals surface area contributed by atoms with Gasteiger partial charge in [-0.05, 0) is 12.1 Å². The zero-order chi connectivity index (χ0) is 13.9. The van der Waals surface area contributed by atoms with E-state index in [9.17, 15) is 15.3 Å². The van der Waals surface area contributed by atoms with E-state index in [4.69, 9.17) is 5.73 Å². The Hall–Kier alpha value is -1.96. The van der Waals surface area contributed by atoms with Gasteiger partial charge in [-0.25, -0.2) is 4.98 Å². The molecule has 7 heteroatoms. The van der Waals surface area contributed by atoms with Crippen molar-refractivity contribution >= 4 is 22.7 Å². The largest absolute Gasteiger partial charge is 0.394 e. The molecule has 2 aromatic rings. The second-order valence-corrected chi connectivity index (χ2v) is 4.33. The third-order valence-electron chi connectivity index (χ3n) is 2.91. The third-order valence-corrected chi connectivity index (χ3v) is 2.91. The van der Waals surface area contributed by atoms with Gasteiger partial charge in [0.05, 0.1) is 25.3 Å². The number of fused-ring (bicyclic) bond motifs is 1. The second kappa shape index (κ2) is 5.35. The van der Waals surface area contributed by atoms with Gasteiger partial charge >= 0.3 is 0 Å². The molecule has 0 aliphatic carbocycles. The summed E-state index contributed by atoms with van der Waals surface area (Å²) in [6, 6.07) is 7.19. The minimum atomic E-state index is -1.26. The summed E-state index contributed by atoms with van der Waals surface area (Å²) in [6.45, 7) is -1.34. The van der Waals surface area contributed by atoms with E-state index in [1.165, 1.54) is 0 Å². The number of nitrogen functional groups attached to an aromatic ring is 1. The van der Waals surface area contributed by atoms with Crippen molar-refractivity contribution in [2.45, 2.75) is 5.54 Å². The summed E-state index contributed by atoms with van der Waals surface area (Å²) in [5, 5.41) is 31.5. The van der Waals surface area contributed by atoms with E-state index in [1.807, 2.05) is 12.1 Å². The lowest BCUT2D eigenvalue weighted by Gasteiger charge is -2.29. The lowest BCUT2D eigenvalue weighted by atomic mass is 10.0. The minimum absolute atomic E-state index is 0.0731. The molecule has 1 heterocycles. The molecule has 0 saturated carbocycles. The fourth-order valence-electron chi connectivity index (χ4n) is 1.71. The van der Waals surface area contributed by atoms with Crippen LogP contribution in [-0.2, 0) is 0 Å². The van der Waals surface area contributed by atoms with E-state index in [1.54, 1.807) is 12.1 Å². The Morgan fingerprint density at radius 2 is 1.68 bits per heavy atom. The van der Waals surface area contributed by atoms with Crippen molar-refractivity contribution < 1.29 is 15.3 Å². The monoisotopic (exact) mass is 264 g/mol. The van der Waals surface area contributed by atoms with Crippen molar-refractivity contribution in [3.63, 3.8) is 0 Å². The number of aliphatic hydroxyl groups is 3.